The highest BCUT2D eigenvalue weighted by molar-refractivity contribution is 5.20. The fourth-order valence-corrected chi connectivity index (χ4v) is 0.372. The Labute approximate surface area is 53.7 Å². The van der Waals surface area contributed by atoms with E-state index in [1.54, 1.807) is 0 Å². The van der Waals surface area contributed by atoms with E-state index < -0.39 is 0 Å². The molecule has 0 atom stereocenters. The lowest BCUT2D eigenvalue weighted by Crippen LogP contribution is -1.97. The molecule has 1 rings (SSSR count). The molecule has 0 aromatic rings. The molecule has 0 aromatic heterocycles. The third-order valence-electron chi connectivity index (χ3n) is 1.49. The maximum absolute atomic E-state index is 8.47. The average Bonchev–Trinajstić information content (AvgIpc) is 2.52. The molecule has 1 aliphatic carbocycles. The van der Waals surface area contributed by atoms with Crippen LogP contribution in [-0.2, 0) is 9.59 Å². The van der Waals surface area contributed by atoms with E-state index in [0.29, 0.717) is 12.0 Å². The zero-order valence-corrected chi connectivity index (χ0v) is 5.39. The average molecular weight is 130 g/mol. The van der Waals surface area contributed by atoms with Gasteiger partial charge < -0.3 is 5.11 Å². The summed E-state index contributed by atoms with van der Waals surface area (Å²) in [6, 6.07) is 0. The van der Waals surface area contributed by atoms with Crippen molar-refractivity contribution in [3.05, 3.63) is 0 Å². The molecular formula is C6H10O3. The first-order valence-corrected chi connectivity index (χ1v) is 2.79. The van der Waals surface area contributed by atoms with Crippen molar-refractivity contribution < 1.29 is 14.7 Å². The second kappa shape index (κ2) is 3.38. The molecule has 1 N–H and O–H groups in total. The summed E-state index contributed by atoms with van der Waals surface area (Å²) in [4.78, 5) is 16.2. The summed E-state index contributed by atoms with van der Waals surface area (Å²) in [5.41, 5.74) is 0.347. The maximum Gasteiger partial charge on any atom is 0.373 e. The molecule has 9 heavy (non-hydrogen) atoms. The molecule has 3 nitrogen and oxygen atoms in total. The number of hydrogen-bond donors (Lipinski definition) is 1. The molecule has 1 fully saturated rings. The van der Waals surface area contributed by atoms with Gasteiger partial charge in [-0.05, 0) is 18.3 Å². The summed E-state index contributed by atoms with van der Waals surface area (Å²) in [5, 5.41) is 8.47. The Morgan fingerprint density at radius 3 is 1.89 bits per heavy atom. The summed E-state index contributed by atoms with van der Waals surface area (Å²) < 4.78 is 0. The molecule has 0 amide bonds. The SMILES string of the molecule is CC1(CO)CC1.O=C=O. The van der Waals surface area contributed by atoms with Gasteiger partial charge in [0, 0.05) is 6.61 Å². The van der Waals surface area contributed by atoms with Gasteiger partial charge >= 0.3 is 6.15 Å². The number of aliphatic hydroxyl groups is 1. The molecule has 0 aliphatic heterocycles. The first-order chi connectivity index (χ1) is 4.18. The molecule has 3 heteroatoms. The van der Waals surface area contributed by atoms with Crippen molar-refractivity contribution in [3.8, 4) is 0 Å². The normalized spacial score (nSPS) is 18.9. The highest BCUT2D eigenvalue weighted by atomic mass is 16.3. The predicted molar refractivity (Wildman–Crippen MR) is 29.4 cm³/mol. The molecule has 0 saturated heterocycles. The fraction of sp³-hybridized carbons (Fsp3) is 0.833. The Kier molecular flexibility index (Phi) is 3.13. The van der Waals surface area contributed by atoms with E-state index in [1.165, 1.54) is 12.8 Å². The Morgan fingerprint density at radius 2 is 1.89 bits per heavy atom. The highest BCUT2D eigenvalue weighted by Crippen LogP contribution is 2.43. The van der Waals surface area contributed by atoms with E-state index in [0.717, 1.165) is 0 Å². The number of hydrogen-bond acceptors (Lipinski definition) is 3. The third kappa shape index (κ3) is 3.88. The zero-order chi connectivity index (χ0) is 7.33. The summed E-state index contributed by atoms with van der Waals surface area (Å²) in [5.74, 6) is 0. The highest BCUT2D eigenvalue weighted by Gasteiger charge is 2.35. The quantitative estimate of drug-likeness (QED) is 0.551. The Hall–Kier alpha value is -0.660. The van der Waals surface area contributed by atoms with Crippen LogP contribution in [0.4, 0.5) is 0 Å². The largest absolute Gasteiger partial charge is 0.396 e. The monoisotopic (exact) mass is 130 g/mol. The van der Waals surface area contributed by atoms with E-state index >= 15 is 0 Å². The van der Waals surface area contributed by atoms with Crippen molar-refractivity contribution in [2.45, 2.75) is 19.8 Å². The Bertz CT molecular complexity index is 109. The van der Waals surface area contributed by atoms with Gasteiger partial charge in [-0.3, -0.25) is 0 Å². The Balaban J connectivity index is 0.000000187. The smallest absolute Gasteiger partial charge is 0.373 e. The lowest BCUT2D eigenvalue weighted by Gasteiger charge is -1.96. The van der Waals surface area contributed by atoms with Gasteiger partial charge in [0.1, 0.15) is 0 Å². The van der Waals surface area contributed by atoms with Crippen LogP contribution < -0.4 is 0 Å². The standard InChI is InChI=1S/C5H10O.CO2/c1-5(4-6)2-3-5;2-1-3/h6H,2-4H2,1H3;. The van der Waals surface area contributed by atoms with Crippen LogP contribution >= 0.6 is 0 Å². The van der Waals surface area contributed by atoms with Gasteiger partial charge in [-0.1, -0.05) is 6.92 Å². The zero-order valence-electron chi connectivity index (χ0n) is 5.39. The van der Waals surface area contributed by atoms with Gasteiger partial charge in [0.05, 0.1) is 0 Å². The molecule has 0 spiro atoms. The van der Waals surface area contributed by atoms with Crippen molar-refractivity contribution in [1.82, 2.24) is 0 Å². The lowest BCUT2D eigenvalue weighted by molar-refractivity contribution is -0.191. The maximum atomic E-state index is 8.47. The van der Waals surface area contributed by atoms with Gasteiger partial charge in [-0.15, -0.1) is 0 Å². The molecule has 0 heterocycles. The van der Waals surface area contributed by atoms with E-state index in [1.807, 2.05) is 0 Å². The van der Waals surface area contributed by atoms with Crippen LogP contribution in [0, 0.1) is 5.41 Å². The Morgan fingerprint density at radius 1 is 1.56 bits per heavy atom. The molecule has 0 bridgehead atoms. The lowest BCUT2D eigenvalue weighted by atomic mass is 10.2. The molecule has 0 unspecified atom stereocenters. The minimum atomic E-state index is 0.250. The van der Waals surface area contributed by atoms with Crippen LogP contribution in [-0.4, -0.2) is 17.9 Å². The topological polar surface area (TPSA) is 54.4 Å². The van der Waals surface area contributed by atoms with Gasteiger partial charge in [-0.2, -0.15) is 9.59 Å². The number of aliphatic hydroxyl groups excluding tert-OH is 1. The van der Waals surface area contributed by atoms with E-state index in [4.69, 9.17) is 14.7 Å². The van der Waals surface area contributed by atoms with Gasteiger partial charge in [0.2, 0.25) is 0 Å². The molecule has 1 aliphatic rings. The molecular weight excluding hydrogens is 120 g/mol. The van der Waals surface area contributed by atoms with E-state index in [-0.39, 0.29) is 6.15 Å². The summed E-state index contributed by atoms with van der Waals surface area (Å²) in [7, 11) is 0. The van der Waals surface area contributed by atoms with Gasteiger partial charge in [-0.25, -0.2) is 0 Å². The first-order valence-electron chi connectivity index (χ1n) is 2.79. The summed E-state index contributed by atoms with van der Waals surface area (Å²) >= 11 is 0. The van der Waals surface area contributed by atoms with Crippen LogP contribution in [0.3, 0.4) is 0 Å². The number of carbonyl (C=O) groups excluding carboxylic acids is 2. The van der Waals surface area contributed by atoms with Crippen LogP contribution in [0.5, 0.6) is 0 Å². The summed E-state index contributed by atoms with van der Waals surface area (Å²) in [6.45, 7) is 2.49. The number of rotatable bonds is 1. The third-order valence-corrected chi connectivity index (χ3v) is 1.49. The van der Waals surface area contributed by atoms with Crippen molar-refractivity contribution in [2.75, 3.05) is 6.61 Å². The second-order valence-corrected chi connectivity index (χ2v) is 2.55. The van der Waals surface area contributed by atoms with Crippen molar-refractivity contribution in [2.24, 2.45) is 5.41 Å². The van der Waals surface area contributed by atoms with Crippen LogP contribution in [0.2, 0.25) is 0 Å². The predicted octanol–water partition coefficient (Wildman–Crippen LogP) is 0.195. The minimum absolute atomic E-state index is 0.250. The molecule has 0 radical (unpaired) electrons. The van der Waals surface area contributed by atoms with Crippen molar-refractivity contribution >= 4 is 6.15 Å². The van der Waals surface area contributed by atoms with Crippen LogP contribution in [0.1, 0.15) is 19.8 Å². The van der Waals surface area contributed by atoms with Crippen molar-refractivity contribution in [1.29, 1.82) is 0 Å². The molecule has 52 valence electrons. The fourth-order valence-electron chi connectivity index (χ4n) is 0.372. The first kappa shape index (κ1) is 8.34. The van der Waals surface area contributed by atoms with Crippen LogP contribution in [0.25, 0.3) is 0 Å². The van der Waals surface area contributed by atoms with E-state index in [9.17, 15) is 0 Å². The van der Waals surface area contributed by atoms with Gasteiger partial charge in [0.25, 0.3) is 0 Å². The van der Waals surface area contributed by atoms with Crippen molar-refractivity contribution in [3.63, 3.8) is 0 Å². The molecule has 0 aromatic carbocycles. The van der Waals surface area contributed by atoms with E-state index in [2.05, 4.69) is 6.92 Å². The second-order valence-electron chi connectivity index (χ2n) is 2.55. The minimum Gasteiger partial charge on any atom is -0.396 e. The van der Waals surface area contributed by atoms with Crippen LogP contribution in [0.15, 0.2) is 0 Å². The van der Waals surface area contributed by atoms with Gasteiger partial charge in [0.15, 0.2) is 0 Å². The molecule has 1 saturated carbocycles. The summed E-state index contributed by atoms with van der Waals surface area (Å²) in [6.07, 6.45) is 2.70.